The minimum absolute atomic E-state index is 0.195. The Morgan fingerprint density at radius 3 is 2.45 bits per heavy atom. The molecule has 40 heavy (non-hydrogen) atoms. The summed E-state index contributed by atoms with van der Waals surface area (Å²) in [7, 11) is -3.37. The highest BCUT2D eigenvalue weighted by atomic mass is 32.2. The number of aryl methyl sites for hydroxylation is 1. The standard InChI is InChI=1S/C31H44N2O5S2/c1-4-39-21-25(18-23-11-6-5-7-12-23)32-20-24-14-15-27(28(19-24)26-13-9-8-10-22(26)2)30(34)33-29(31(35)36)16-17-40(3,37)38/h8-10,13-15,19,23,25,29,32H,4-7,11-12,16-18,20-21H2,1-3H3,(H,33,34)(H,35,36)/t25-,29-/m0/s1. The van der Waals surface area contributed by atoms with Crippen LogP contribution >= 0.6 is 11.8 Å². The third-order valence-corrected chi connectivity index (χ3v) is 9.63. The first kappa shape index (κ1) is 32.2. The number of amides is 1. The van der Waals surface area contributed by atoms with E-state index in [0.717, 1.165) is 45.9 Å². The zero-order valence-corrected chi connectivity index (χ0v) is 25.6. The minimum atomic E-state index is -3.37. The van der Waals surface area contributed by atoms with Crippen molar-refractivity contribution in [2.45, 2.75) is 77.4 Å². The van der Waals surface area contributed by atoms with Crippen LogP contribution in [0, 0.1) is 12.8 Å². The van der Waals surface area contributed by atoms with Crippen LogP contribution in [-0.4, -0.2) is 61.0 Å². The summed E-state index contributed by atoms with van der Waals surface area (Å²) in [6.07, 6.45) is 8.69. The molecule has 1 saturated carbocycles. The summed E-state index contributed by atoms with van der Waals surface area (Å²) in [5.41, 5.74) is 4.05. The second-order valence-corrected chi connectivity index (χ2v) is 14.5. The van der Waals surface area contributed by atoms with E-state index in [2.05, 4.69) is 17.6 Å². The van der Waals surface area contributed by atoms with E-state index >= 15 is 0 Å². The number of carboxylic acids is 1. The number of sulfone groups is 1. The number of thioether (sulfide) groups is 1. The Morgan fingerprint density at radius 1 is 1.07 bits per heavy atom. The van der Waals surface area contributed by atoms with E-state index in [1.165, 1.54) is 38.5 Å². The van der Waals surface area contributed by atoms with Gasteiger partial charge in [-0.2, -0.15) is 11.8 Å². The molecule has 0 heterocycles. The van der Waals surface area contributed by atoms with Crippen LogP contribution in [-0.2, 0) is 21.2 Å². The smallest absolute Gasteiger partial charge is 0.326 e. The zero-order valence-electron chi connectivity index (χ0n) is 23.9. The van der Waals surface area contributed by atoms with Gasteiger partial charge in [0.1, 0.15) is 15.9 Å². The van der Waals surface area contributed by atoms with Gasteiger partial charge in [-0.25, -0.2) is 13.2 Å². The highest BCUT2D eigenvalue weighted by molar-refractivity contribution is 7.99. The predicted molar refractivity (Wildman–Crippen MR) is 165 cm³/mol. The first-order chi connectivity index (χ1) is 19.1. The fourth-order valence-corrected chi connectivity index (χ4v) is 6.82. The van der Waals surface area contributed by atoms with Gasteiger partial charge < -0.3 is 15.7 Å². The largest absolute Gasteiger partial charge is 0.480 e. The lowest BCUT2D eigenvalue weighted by molar-refractivity contribution is -0.139. The maximum absolute atomic E-state index is 13.4. The summed E-state index contributed by atoms with van der Waals surface area (Å²) in [4.78, 5) is 25.2. The molecule has 1 aliphatic carbocycles. The molecule has 2 aromatic rings. The summed E-state index contributed by atoms with van der Waals surface area (Å²) in [6.45, 7) is 4.85. The van der Waals surface area contributed by atoms with Crippen LogP contribution in [0.4, 0.5) is 0 Å². The van der Waals surface area contributed by atoms with Gasteiger partial charge in [0, 0.05) is 30.2 Å². The van der Waals surface area contributed by atoms with Crippen LogP contribution < -0.4 is 10.6 Å². The Balaban J connectivity index is 1.83. The van der Waals surface area contributed by atoms with Crippen molar-refractivity contribution in [1.29, 1.82) is 0 Å². The number of benzene rings is 2. The van der Waals surface area contributed by atoms with E-state index in [4.69, 9.17) is 0 Å². The molecule has 0 spiro atoms. The van der Waals surface area contributed by atoms with Crippen molar-refractivity contribution in [1.82, 2.24) is 10.6 Å². The highest BCUT2D eigenvalue weighted by Gasteiger charge is 2.25. The Bertz CT molecular complexity index is 1240. The average molecular weight is 589 g/mol. The van der Waals surface area contributed by atoms with Crippen molar-refractivity contribution in [3.05, 3.63) is 59.2 Å². The van der Waals surface area contributed by atoms with Crippen LogP contribution in [0.25, 0.3) is 11.1 Å². The van der Waals surface area contributed by atoms with Crippen molar-refractivity contribution in [2.24, 2.45) is 5.92 Å². The Kier molecular flexibility index (Phi) is 12.5. The Labute approximate surface area is 243 Å². The molecule has 2 aromatic carbocycles. The van der Waals surface area contributed by atoms with Crippen LogP contribution in [0.15, 0.2) is 42.5 Å². The maximum Gasteiger partial charge on any atom is 0.326 e. The number of carbonyl (C=O) groups excluding carboxylic acids is 1. The molecule has 0 aliphatic heterocycles. The molecule has 1 aliphatic rings. The summed E-state index contributed by atoms with van der Waals surface area (Å²) in [6, 6.07) is 12.6. The molecule has 0 bridgehead atoms. The fourth-order valence-electron chi connectivity index (χ4n) is 5.38. The molecule has 1 fully saturated rings. The van der Waals surface area contributed by atoms with Crippen molar-refractivity contribution < 1.29 is 23.1 Å². The number of aliphatic carboxylic acids is 1. The van der Waals surface area contributed by atoms with Gasteiger partial charge in [0.05, 0.1) is 5.75 Å². The lowest BCUT2D eigenvalue weighted by atomic mass is 9.85. The van der Waals surface area contributed by atoms with Gasteiger partial charge >= 0.3 is 5.97 Å². The summed E-state index contributed by atoms with van der Waals surface area (Å²) in [5.74, 6) is 0.825. The van der Waals surface area contributed by atoms with Crippen LogP contribution in [0.5, 0.6) is 0 Å². The number of hydrogen-bond donors (Lipinski definition) is 3. The second-order valence-electron chi connectivity index (χ2n) is 11.0. The van der Waals surface area contributed by atoms with Crippen molar-refractivity contribution in [3.8, 4) is 11.1 Å². The van der Waals surface area contributed by atoms with Crippen molar-refractivity contribution in [2.75, 3.05) is 23.5 Å². The SMILES string of the molecule is CCSC[C@H](CC1CCCCC1)NCc1ccc(C(=O)N[C@@H](CCS(C)(=O)=O)C(=O)O)c(-c2ccccc2C)c1. The first-order valence-electron chi connectivity index (χ1n) is 14.3. The lowest BCUT2D eigenvalue weighted by Crippen LogP contribution is -2.42. The van der Waals surface area contributed by atoms with Crippen molar-refractivity contribution in [3.63, 3.8) is 0 Å². The van der Waals surface area contributed by atoms with Gasteiger partial charge in [0.15, 0.2) is 0 Å². The van der Waals surface area contributed by atoms with Crippen molar-refractivity contribution >= 4 is 33.5 Å². The number of carbonyl (C=O) groups is 2. The molecule has 0 saturated heterocycles. The van der Waals surface area contributed by atoms with Gasteiger partial charge in [0.2, 0.25) is 0 Å². The van der Waals surface area contributed by atoms with Gasteiger partial charge in [-0.1, -0.05) is 69.4 Å². The summed E-state index contributed by atoms with van der Waals surface area (Å²) >= 11 is 1.96. The molecule has 220 valence electrons. The Morgan fingerprint density at radius 2 is 1.80 bits per heavy atom. The van der Waals surface area contributed by atoms with Gasteiger partial charge in [-0.05, 0) is 65.8 Å². The van der Waals surface area contributed by atoms with E-state index in [1.54, 1.807) is 6.07 Å². The molecule has 3 N–H and O–H groups in total. The quantitative estimate of drug-likeness (QED) is 0.253. The van der Waals surface area contributed by atoms with Crippen LogP contribution in [0.3, 0.4) is 0 Å². The molecule has 1 amide bonds. The monoisotopic (exact) mass is 588 g/mol. The fraction of sp³-hybridized carbons (Fsp3) is 0.548. The molecule has 7 nitrogen and oxygen atoms in total. The molecule has 0 aromatic heterocycles. The number of rotatable bonds is 15. The number of hydrogen-bond acceptors (Lipinski definition) is 6. The van der Waals surface area contributed by atoms with Crippen LogP contribution in [0.2, 0.25) is 0 Å². The van der Waals surface area contributed by atoms with E-state index in [1.807, 2.05) is 55.1 Å². The summed E-state index contributed by atoms with van der Waals surface area (Å²) < 4.78 is 23.2. The topological polar surface area (TPSA) is 113 Å². The molecule has 9 heteroatoms. The molecular weight excluding hydrogens is 544 g/mol. The van der Waals surface area contributed by atoms with Gasteiger partial charge in [-0.3, -0.25) is 4.79 Å². The van der Waals surface area contributed by atoms with E-state index < -0.39 is 27.8 Å². The molecular formula is C31H44N2O5S2. The lowest BCUT2D eigenvalue weighted by Gasteiger charge is -2.27. The summed E-state index contributed by atoms with van der Waals surface area (Å²) in [5, 5.41) is 16.0. The van der Waals surface area contributed by atoms with Gasteiger partial charge in [-0.15, -0.1) is 0 Å². The second kappa shape index (κ2) is 15.6. The Hall–Kier alpha value is -2.36. The third-order valence-electron chi connectivity index (χ3n) is 7.61. The third kappa shape index (κ3) is 10.2. The molecule has 3 rings (SSSR count). The zero-order chi connectivity index (χ0) is 29.1. The number of nitrogens with one attached hydrogen (secondary N) is 2. The number of carboxylic acid groups (broad SMARTS) is 1. The highest BCUT2D eigenvalue weighted by Crippen LogP contribution is 2.30. The van der Waals surface area contributed by atoms with E-state index in [9.17, 15) is 23.1 Å². The van der Waals surface area contributed by atoms with E-state index in [0.29, 0.717) is 18.2 Å². The minimum Gasteiger partial charge on any atom is -0.480 e. The molecule has 0 radical (unpaired) electrons. The first-order valence-corrected chi connectivity index (χ1v) is 17.5. The predicted octanol–water partition coefficient (Wildman–Crippen LogP) is 5.46. The maximum atomic E-state index is 13.4. The van der Waals surface area contributed by atoms with Gasteiger partial charge in [0.25, 0.3) is 5.91 Å². The molecule has 2 atom stereocenters. The molecule has 0 unspecified atom stereocenters. The van der Waals surface area contributed by atoms with E-state index in [-0.39, 0.29) is 12.2 Å². The average Bonchev–Trinajstić information content (AvgIpc) is 2.92. The van der Waals surface area contributed by atoms with Crippen LogP contribution in [0.1, 0.15) is 73.4 Å². The normalized spacial score (nSPS) is 15.9.